The molecule has 0 aliphatic heterocycles. The molecule has 0 spiro atoms. The molecule has 0 bridgehead atoms. The van der Waals surface area contributed by atoms with Gasteiger partial charge in [-0.05, 0) is 5.92 Å². The van der Waals surface area contributed by atoms with Gasteiger partial charge in [0, 0.05) is 6.42 Å². The summed E-state index contributed by atoms with van der Waals surface area (Å²) >= 11 is 0. The molecule has 0 aromatic carbocycles. The van der Waals surface area contributed by atoms with E-state index in [1.54, 1.807) is 13.8 Å². The van der Waals surface area contributed by atoms with Gasteiger partial charge in [-0.2, -0.15) is 8.42 Å². The molecule has 0 heterocycles. The summed E-state index contributed by atoms with van der Waals surface area (Å²) in [5, 5.41) is -1.11. The van der Waals surface area contributed by atoms with Crippen LogP contribution >= 0.6 is 0 Å². The monoisotopic (exact) mass is 166 g/mol. The Bertz CT molecular complexity index is 214. The van der Waals surface area contributed by atoms with E-state index in [4.69, 9.17) is 4.55 Å². The van der Waals surface area contributed by atoms with Crippen LogP contribution in [0.25, 0.3) is 0 Å². The van der Waals surface area contributed by atoms with E-state index >= 15 is 0 Å². The molecule has 0 unspecified atom stereocenters. The zero-order chi connectivity index (χ0) is 8.36. The average Bonchev–Trinajstić information content (AvgIpc) is 1.60. The summed E-state index contributed by atoms with van der Waals surface area (Å²) in [7, 11) is -4.44. The summed E-state index contributed by atoms with van der Waals surface area (Å²) in [6.07, 6.45) is -0.126. The minimum atomic E-state index is -4.44. The third-order valence-electron chi connectivity index (χ3n) is 0.863. The van der Waals surface area contributed by atoms with Crippen LogP contribution in [0.15, 0.2) is 0 Å². The number of hydrogen-bond acceptors (Lipinski definition) is 3. The molecular formula is C5H10O4S. The molecule has 10 heavy (non-hydrogen) atoms. The van der Waals surface area contributed by atoms with Gasteiger partial charge >= 0.3 is 10.1 Å². The Labute approximate surface area is 60.0 Å². The lowest BCUT2D eigenvalue weighted by Gasteiger charge is -1.98. The van der Waals surface area contributed by atoms with Crippen LogP contribution in [0.2, 0.25) is 0 Å². The average molecular weight is 166 g/mol. The number of carbonyl (C=O) groups excluding carboxylic acids is 1. The van der Waals surface area contributed by atoms with Crippen molar-refractivity contribution in [2.24, 2.45) is 5.92 Å². The van der Waals surface area contributed by atoms with Gasteiger partial charge in [-0.25, -0.2) is 0 Å². The van der Waals surface area contributed by atoms with Crippen molar-refractivity contribution in [3.63, 3.8) is 0 Å². The molecule has 0 aromatic rings. The first-order chi connectivity index (χ1) is 4.34. The van der Waals surface area contributed by atoms with Gasteiger partial charge in [-0.1, -0.05) is 13.8 Å². The maximum Gasteiger partial charge on any atom is 0.328 e. The van der Waals surface area contributed by atoms with Crippen LogP contribution in [0.5, 0.6) is 0 Å². The van der Waals surface area contributed by atoms with Gasteiger partial charge in [-0.15, -0.1) is 0 Å². The molecule has 5 heteroatoms. The largest absolute Gasteiger partial charge is 0.328 e. The molecule has 0 atom stereocenters. The highest BCUT2D eigenvalue weighted by molar-refractivity contribution is 8.01. The van der Waals surface area contributed by atoms with Gasteiger partial charge in [0.15, 0.2) is 0 Å². The number of carbonyl (C=O) groups is 1. The third-order valence-corrected chi connectivity index (χ3v) is 1.60. The topological polar surface area (TPSA) is 71.4 Å². The Hall–Kier alpha value is -0.420. The SMILES string of the molecule is CC(C)CC(=O)S(=O)(=O)O. The molecule has 0 radical (unpaired) electrons. The lowest BCUT2D eigenvalue weighted by Crippen LogP contribution is -2.14. The van der Waals surface area contributed by atoms with Crippen LogP contribution < -0.4 is 0 Å². The van der Waals surface area contributed by atoms with Crippen LogP contribution in [0.3, 0.4) is 0 Å². The van der Waals surface area contributed by atoms with Gasteiger partial charge in [0.1, 0.15) is 0 Å². The van der Waals surface area contributed by atoms with Gasteiger partial charge in [0.2, 0.25) is 0 Å². The summed E-state index contributed by atoms with van der Waals surface area (Å²) in [6.45, 7) is 3.40. The van der Waals surface area contributed by atoms with Crippen molar-refractivity contribution in [2.45, 2.75) is 20.3 Å². The van der Waals surface area contributed by atoms with Crippen LogP contribution in [0.1, 0.15) is 20.3 Å². The molecule has 60 valence electrons. The fraction of sp³-hybridized carbons (Fsp3) is 0.800. The second-order valence-electron chi connectivity index (χ2n) is 2.45. The molecule has 0 saturated heterocycles. The van der Waals surface area contributed by atoms with Crippen molar-refractivity contribution in [1.29, 1.82) is 0 Å². The van der Waals surface area contributed by atoms with E-state index in [9.17, 15) is 13.2 Å². The molecule has 0 saturated carbocycles. The first kappa shape index (κ1) is 9.58. The molecule has 0 aliphatic carbocycles. The molecule has 4 nitrogen and oxygen atoms in total. The second-order valence-corrected chi connectivity index (χ2v) is 3.85. The van der Waals surface area contributed by atoms with Crippen molar-refractivity contribution < 1.29 is 17.8 Å². The lowest BCUT2D eigenvalue weighted by molar-refractivity contribution is -0.112. The second kappa shape index (κ2) is 3.12. The Balaban J connectivity index is 4.14. The molecule has 0 rings (SSSR count). The van der Waals surface area contributed by atoms with E-state index in [1.807, 2.05) is 0 Å². The maximum absolute atomic E-state index is 10.4. The summed E-state index contributed by atoms with van der Waals surface area (Å²) in [5.74, 6) is -0.0468. The molecule has 1 N–H and O–H groups in total. The van der Waals surface area contributed by atoms with Crippen LogP contribution in [0, 0.1) is 5.92 Å². The molecule has 0 amide bonds. The Kier molecular flexibility index (Phi) is 2.98. The van der Waals surface area contributed by atoms with Crippen LogP contribution in [-0.4, -0.2) is 18.1 Å². The zero-order valence-corrected chi connectivity index (χ0v) is 6.68. The predicted octanol–water partition coefficient (Wildman–Crippen LogP) is 0.447. The van der Waals surface area contributed by atoms with Gasteiger partial charge in [0.25, 0.3) is 5.12 Å². The fourth-order valence-corrected chi connectivity index (χ4v) is 0.983. The van der Waals surface area contributed by atoms with E-state index < -0.39 is 15.2 Å². The maximum atomic E-state index is 10.4. The molecule has 0 aromatic heterocycles. The number of hydrogen-bond donors (Lipinski definition) is 1. The highest BCUT2D eigenvalue weighted by Gasteiger charge is 2.18. The van der Waals surface area contributed by atoms with E-state index in [1.165, 1.54) is 0 Å². The van der Waals surface area contributed by atoms with Crippen LogP contribution in [-0.2, 0) is 14.9 Å². The van der Waals surface area contributed by atoms with E-state index in [-0.39, 0.29) is 12.3 Å². The minimum absolute atomic E-state index is 0.0468. The van der Waals surface area contributed by atoms with Crippen molar-refractivity contribution in [3.05, 3.63) is 0 Å². The first-order valence-corrected chi connectivity index (χ1v) is 4.28. The molecular weight excluding hydrogens is 156 g/mol. The van der Waals surface area contributed by atoms with E-state index in [0.717, 1.165) is 0 Å². The van der Waals surface area contributed by atoms with Crippen molar-refractivity contribution in [1.82, 2.24) is 0 Å². The van der Waals surface area contributed by atoms with Crippen molar-refractivity contribution in [2.75, 3.05) is 0 Å². The third kappa shape index (κ3) is 3.58. The van der Waals surface area contributed by atoms with Gasteiger partial charge in [0.05, 0.1) is 0 Å². The zero-order valence-electron chi connectivity index (χ0n) is 5.86. The highest BCUT2D eigenvalue weighted by atomic mass is 32.2. The predicted molar refractivity (Wildman–Crippen MR) is 36.0 cm³/mol. The fourth-order valence-electron chi connectivity index (χ4n) is 0.439. The Morgan fingerprint density at radius 3 is 2.00 bits per heavy atom. The number of rotatable bonds is 2. The van der Waals surface area contributed by atoms with Crippen molar-refractivity contribution >= 4 is 15.2 Å². The summed E-state index contributed by atoms with van der Waals surface area (Å²) in [4.78, 5) is 10.4. The van der Waals surface area contributed by atoms with Gasteiger partial charge < -0.3 is 0 Å². The lowest BCUT2D eigenvalue weighted by atomic mass is 10.2. The smallest absolute Gasteiger partial charge is 0.280 e. The minimum Gasteiger partial charge on any atom is -0.280 e. The van der Waals surface area contributed by atoms with E-state index in [0.29, 0.717) is 0 Å². The summed E-state index contributed by atoms with van der Waals surface area (Å²) < 4.78 is 28.3. The Morgan fingerprint density at radius 2 is 1.90 bits per heavy atom. The normalized spacial score (nSPS) is 12.0. The first-order valence-electron chi connectivity index (χ1n) is 2.84. The summed E-state index contributed by atoms with van der Waals surface area (Å²) in [5.41, 5.74) is 0. The van der Waals surface area contributed by atoms with E-state index in [2.05, 4.69) is 0 Å². The quantitative estimate of drug-likeness (QED) is 0.604. The van der Waals surface area contributed by atoms with Crippen LogP contribution in [0.4, 0.5) is 0 Å². The molecule has 0 aliphatic rings. The van der Waals surface area contributed by atoms with Gasteiger partial charge in [-0.3, -0.25) is 9.35 Å². The standard InChI is InChI=1S/C5H10O4S/c1-4(2)3-5(6)10(7,8)9/h4H,3H2,1-2H3,(H,7,8,9). The van der Waals surface area contributed by atoms with Crippen molar-refractivity contribution in [3.8, 4) is 0 Å². The summed E-state index contributed by atoms with van der Waals surface area (Å²) in [6, 6.07) is 0. The molecule has 0 fully saturated rings. The highest BCUT2D eigenvalue weighted by Crippen LogP contribution is 2.02. The Morgan fingerprint density at radius 1 is 1.50 bits per heavy atom.